The predicted molar refractivity (Wildman–Crippen MR) is 75.9 cm³/mol. The molecule has 2 heterocycles. The highest BCUT2D eigenvalue weighted by molar-refractivity contribution is 8.00. The zero-order valence-corrected chi connectivity index (χ0v) is 11.1. The zero-order valence-electron chi connectivity index (χ0n) is 10.3. The second kappa shape index (κ2) is 5.06. The molecule has 0 bridgehead atoms. The van der Waals surface area contributed by atoms with Gasteiger partial charge in [0.05, 0.1) is 6.20 Å². The van der Waals surface area contributed by atoms with E-state index in [1.807, 2.05) is 11.8 Å². The Kier molecular flexibility index (Phi) is 3.28. The maximum absolute atomic E-state index is 5.27. The van der Waals surface area contributed by atoms with Crippen LogP contribution in [-0.2, 0) is 0 Å². The van der Waals surface area contributed by atoms with Gasteiger partial charge in [-0.05, 0) is 30.7 Å². The van der Waals surface area contributed by atoms with Crippen LogP contribution in [0.5, 0.6) is 0 Å². The van der Waals surface area contributed by atoms with Crippen LogP contribution in [0.4, 0.5) is 5.69 Å². The van der Waals surface area contributed by atoms with Gasteiger partial charge in [0.1, 0.15) is 0 Å². The third-order valence-corrected chi connectivity index (χ3v) is 4.53. The Labute approximate surface area is 111 Å². The van der Waals surface area contributed by atoms with Gasteiger partial charge < -0.3 is 9.73 Å². The first-order valence-corrected chi connectivity index (χ1v) is 7.23. The largest absolute Gasteiger partial charge is 0.444 e. The van der Waals surface area contributed by atoms with Gasteiger partial charge in [-0.15, -0.1) is 0 Å². The topological polar surface area (TPSA) is 38.1 Å². The Bertz CT molecular complexity index is 495. The maximum Gasteiger partial charge on any atom is 0.181 e. The minimum atomic E-state index is 0.598. The van der Waals surface area contributed by atoms with Crippen molar-refractivity contribution in [2.45, 2.75) is 24.6 Å². The SMILES string of the molecule is CC1CC(Nc2ccc(-c3cnco3)cc2)CS1. The van der Waals surface area contributed by atoms with Crippen molar-refractivity contribution in [1.82, 2.24) is 4.98 Å². The lowest BCUT2D eigenvalue weighted by molar-refractivity contribution is 0.572. The number of thioether (sulfide) groups is 1. The zero-order chi connectivity index (χ0) is 12.4. The van der Waals surface area contributed by atoms with Crippen molar-refractivity contribution in [1.29, 1.82) is 0 Å². The molecular weight excluding hydrogens is 244 g/mol. The average Bonchev–Trinajstić information content (AvgIpc) is 3.02. The standard InChI is InChI=1S/C14H16N2OS/c1-10-6-13(8-18-10)16-12-4-2-11(3-5-12)14-7-15-9-17-14/h2-5,7,9-10,13,16H,6,8H2,1H3. The van der Waals surface area contributed by atoms with Crippen LogP contribution in [0.15, 0.2) is 41.3 Å². The highest BCUT2D eigenvalue weighted by atomic mass is 32.2. The molecule has 4 heteroatoms. The summed E-state index contributed by atoms with van der Waals surface area (Å²) in [5.41, 5.74) is 2.24. The molecule has 1 aromatic carbocycles. The molecule has 1 aromatic heterocycles. The Morgan fingerprint density at radius 2 is 2.17 bits per heavy atom. The lowest BCUT2D eigenvalue weighted by Crippen LogP contribution is -2.18. The van der Waals surface area contributed by atoms with E-state index in [1.54, 1.807) is 6.20 Å². The summed E-state index contributed by atoms with van der Waals surface area (Å²) >= 11 is 2.04. The minimum absolute atomic E-state index is 0.598. The molecule has 1 aliphatic heterocycles. The Hall–Kier alpha value is -1.42. The summed E-state index contributed by atoms with van der Waals surface area (Å²) in [4.78, 5) is 3.93. The number of hydrogen-bond acceptors (Lipinski definition) is 4. The molecule has 0 spiro atoms. The van der Waals surface area contributed by atoms with Gasteiger partial charge in [-0.3, -0.25) is 0 Å². The Morgan fingerprint density at radius 1 is 1.33 bits per heavy atom. The number of hydrogen-bond donors (Lipinski definition) is 1. The summed E-state index contributed by atoms with van der Waals surface area (Å²) in [6.07, 6.45) is 4.44. The summed E-state index contributed by atoms with van der Waals surface area (Å²) in [5, 5.41) is 4.35. The molecule has 2 atom stereocenters. The number of rotatable bonds is 3. The summed E-state index contributed by atoms with van der Waals surface area (Å²) in [6, 6.07) is 8.93. The van der Waals surface area contributed by atoms with Crippen molar-refractivity contribution < 1.29 is 4.42 Å². The van der Waals surface area contributed by atoms with E-state index in [4.69, 9.17) is 4.42 Å². The molecule has 1 aliphatic rings. The monoisotopic (exact) mass is 260 g/mol. The molecule has 1 fully saturated rings. The Balaban J connectivity index is 1.68. The van der Waals surface area contributed by atoms with Gasteiger partial charge in [0.2, 0.25) is 0 Å². The molecule has 2 unspecified atom stereocenters. The van der Waals surface area contributed by atoms with Gasteiger partial charge in [0.25, 0.3) is 0 Å². The third-order valence-electron chi connectivity index (χ3n) is 3.17. The molecule has 3 nitrogen and oxygen atoms in total. The van der Waals surface area contributed by atoms with Gasteiger partial charge in [0.15, 0.2) is 12.2 Å². The fourth-order valence-electron chi connectivity index (χ4n) is 2.24. The molecule has 3 rings (SSSR count). The van der Waals surface area contributed by atoms with Crippen LogP contribution in [0.1, 0.15) is 13.3 Å². The van der Waals surface area contributed by atoms with Crippen LogP contribution in [0, 0.1) is 0 Å². The van der Waals surface area contributed by atoms with E-state index in [-0.39, 0.29) is 0 Å². The van der Waals surface area contributed by atoms with E-state index in [2.05, 4.69) is 41.5 Å². The molecule has 1 N–H and O–H groups in total. The second-order valence-electron chi connectivity index (χ2n) is 4.66. The van der Waals surface area contributed by atoms with Crippen LogP contribution < -0.4 is 5.32 Å². The van der Waals surface area contributed by atoms with Crippen LogP contribution in [0.25, 0.3) is 11.3 Å². The predicted octanol–water partition coefficient (Wildman–Crippen LogP) is 3.65. The molecule has 1 saturated heterocycles. The molecule has 0 amide bonds. The fraction of sp³-hybridized carbons (Fsp3) is 0.357. The van der Waals surface area contributed by atoms with Gasteiger partial charge >= 0.3 is 0 Å². The molecule has 0 radical (unpaired) electrons. The molecule has 94 valence electrons. The van der Waals surface area contributed by atoms with E-state index in [0.717, 1.165) is 16.6 Å². The van der Waals surface area contributed by atoms with Crippen LogP contribution in [-0.4, -0.2) is 22.0 Å². The normalized spacial score (nSPS) is 23.2. The summed E-state index contributed by atoms with van der Waals surface area (Å²) in [5.74, 6) is 2.01. The highest BCUT2D eigenvalue weighted by Crippen LogP contribution is 2.29. The van der Waals surface area contributed by atoms with Crippen molar-refractivity contribution >= 4 is 17.4 Å². The van der Waals surface area contributed by atoms with E-state index in [0.29, 0.717) is 6.04 Å². The van der Waals surface area contributed by atoms with E-state index >= 15 is 0 Å². The van der Waals surface area contributed by atoms with E-state index < -0.39 is 0 Å². The van der Waals surface area contributed by atoms with Gasteiger partial charge in [-0.1, -0.05) is 6.92 Å². The summed E-state index contributed by atoms with van der Waals surface area (Å²) in [6.45, 7) is 2.29. The van der Waals surface area contributed by atoms with Crippen molar-refractivity contribution in [3.8, 4) is 11.3 Å². The van der Waals surface area contributed by atoms with Crippen LogP contribution >= 0.6 is 11.8 Å². The minimum Gasteiger partial charge on any atom is -0.444 e. The molecule has 0 aliphatic carbocycles. The Morgan fingerprint density at radius 3 is 2.78 bits per heavy atom. The van der Waals surface area contributed by atoms with Crippen molar-refractivity contribution in [3.05, 3.63) is 36.9 Å². The summed E-state index contributed by atoms with van der Waals surface area (Å²) in [7, 11) is 0. The number of benzene rings is 1. The van der Waals surface area contributed by atoms with Crippen molar-refractivity contribution in [2.24, 2.45) is 0 Å². The van der Waals surface area contributed by atoms with Crippen LogP contribution in [0.2, 0.25) is 0 Å². The summed E-state index contributed by atoms with van der Waals surface area (Å²) < 4.78 is 5.27. The molecule has 2 aromatic rings. The number of oxazole rings is 1. The fourth-order valence-corrected chi connectivity index (χ4v) is 3.39. The second-order valence-corrected chi connectivity index (χ2v) is 6.14. The average molecular weight is 260 g/mol. The van der Waals surface area contributed by atoms with Crippen molar-refractivity contribution in [2.75, 3.05) is 11.1 Å². The first kappa shape index (κ1) is 11.7. The molecular formula is C14H16N2OS. The van der Waals surface area contributed by atoms with E-state index in [1.165, 1.54) is 24.3 Å². The molecule has 18 heavy (non-hydrogen) atoms. The first-order valence-electron chi connectivity index (χ1n) is 6.18. The third kappa shape index (κ3) is 2.53. The van der Waals surface area contributed by atoms with Gasteiger partial charge in [-0.25, -0.2) is 4.98 Å². The number of anilines is 1. The number of nitrogens with one attached hydrogen (secondary N) is 1. The van der Waals surface area contributed by atoms with E-state index in [9.17, 15) is 0 Å². The lowest BCUT2D eigenvalue weighted by Gasteiger charge is -2.13. The van der Waals surface area contributed by atoms with Crippen molar-refractivity contribution in [3.63, 3.8) is 0 Å². The van der Waals surface area contributed by atoms with Gasteiger partial charge in [0, 0.05) is 28.3 Å². The number of aromatic nitrogens is 1. The highest BCUT2D eigenvalue weighted by Gasteiger charge is 2.21. The smallest absolute Gasteiger partial charge is 0.181 e. The van der Waals surface area contributed by atoms with Crippen LogP contribution in [0.3, 0.4) is 0 Å². The molecule has 0 saturated carbocycles. The van der Waals surface area contributed by atoms with Gasteiger partial charge in [-0.2, -0.15) is 11.8 Å². The quantitative estimate of drug-likeness (QED) is 0.914. The lowest BCUT2D eigenvalue weighted by atomic mass is 10.1. The maximum atomic E-state index is 5.27. The first-order chi connectivity index (χ1) is 8.81. The number of nitrogens with zero attached hydrogens (tertiary/aromatic N) is 1.